The van der Waals surface area contributed by atoms with Crippen LogP contribution in [-0.2, 0) is 28.6 Å². The van der Waals surface area contributed by atoms with Crippen molar-refractivity contribution in [1.29, 1.82) is 0 Å². The number of ether oxygens (including phenoxy) is 3. The third-order valence-electron chi connectivity index (χ3n) is 17.3. The number of rotatable bonds is 70. The second-order valence-electron chi connectivity index (χ2n) is 25.6. The van der Waals surface area contributed by atoms with Crippen LogP contribution in [0.3, 0.4) is 0 Å². The first-order chi connectivity index (χ1) is 40.0. The van der Waals surface area contributed by atoms with Crippen LogP contribution >= 0.6 is 0 Å². The van der Waals surface area contributed by atoms with Crippen LogP contribution in [0.4, 0.5) is 0 Å². The minimum Gasteiger partial charge on any atom is -0.462 e. The number of carbonyl (C=O) groups is 3. The molecule has 0 aromatic rings. The number of carbonyl (C=O) groups excluding carboxylic acids is 3. The van der Waals surface area contributed by atoms with Crippen molar-refractivity contribution in [2.75, 3.05) is 13.2 Å². The first-order valence-electron chi connectivity index (χ1n) is 37.2. The molecule has 81 heavy (non-hydrogen) atoms. The predicted molar refractivity (Wildman–Crippen MR) is 353 cm³/mol. The van der Waals surface area contributed by atoms with Gasteiger partial charge in [0.15, 0.2) is 6.10 Å². The van der Waals surface area contributed by atoms with Crippen LogP contribution in [0.25, 0.3) is 0 Å². The summed E-state index contributed by atoms with van der Waals surface area (Å²) in [7, 11) is 0. The summed E-state index contributed by atoms with van der Waals surface area (Å²) in [5.74, 6) is -0.828. The van der Waals surface area contributed by atoms with E-state index in [0.717, 1.165) is 57.8 Å². The fourth-order valence-electron chi connectivity index (χ4n) is 11.7. The Balaban J connectivity index is 4.18. The highest BCUT2D eigenvalue weighted by Crippen LogP contribution is 2.19. The quantitative estimate of drug-likeness (QED) is 0.0261. The standard InChI is InChI=1S/C75H144O6/c1-4-7-10-13-16-19-22-25-28-30-32-33-34-35-36-37-38-39-40-41-43-44-47-50-53-56-59-62-65-68-74(77)80-71-72(70-79-73(76)67-64-61-58-55-52-49-46-27-24-21-18-15-12-9-6-3)81-75(78)69-66-63-60-57-54-51-48-45-42-31-29-26-23-20-17-14-11-8-5-2/h26,29,72H,4-25,27-28,30-71H2,1-3H3/b29-26-. The SMILES string of the molecule is CCCCCCCC/C=C\CCCCCCCCCCCC(=O)OC(COC(=O)CCCCCCCCCCCCCCCCC)COC(=O)CCCCCCCCCCCCCCCCCCCCCCCCCCCCCCC. The largest absolute Gasteiger partial charge is 0.462 e. The van der Waals surface area contributed by atoms with Gasteiger partial charge in [0.25, 0.3) is 0 Å². The smallest absolute Gasteiger partial charge is 0.306 e. The van der Waals surface area contributed by atoms with Crippen molar-refractivity contribution in [2.45, 2.75) is 438 Å². The van der Waals surface area contributed by atoms with Gasteiger partial charge in [-0.25, -0.2) is 0 Å². The lowest BCUT2D eigenvalue weighted by Gasteiger charge is -2.18. The molecule has 1 unspecified atom stereocenters. The van der Waals surface area contributed by atoms with E-state index >= 15 is 0 Å². The molecule has 6 heteroatoms. The molecule has 0 fully saturated rings. The summed E-state index contributed by atoms with van der Waals surface area (Å²) in [6.07, 6.45) is 85.4. The van der Waals surface area contributed by atoms with E-state index in [2.05, 4.69) is 32.9 Å². The summed E-state index contributed by atoms with van der Waals surface area (Å²) >= 11 is 0. The van der Waals surface area contributed by atoms with Crippen molar-refractivity contribution in [1.82, 2.24) is 0 Å². The van der Waals surface area contributed by atoms with Gasteiger partial charge in [-0.1, -0.05) is 380 Å². The summed E-state index contributed by atoms with van der Waals surface area (Å²) < 4.78 is 17.0. The Hall–Kier alpha value is -1.85. The molecule has 0 aliphatic carbocycles. The van der Waals surface area contributed by atoms with Crippen LogP contribution in [0.1, 0.15) is 432 Å². The van der Waals surface area contributed by atoms with Gasteiger partial charge in [-0.3, -0.25) is 14.4 Å². The lowest BCUT2D eigenvalue weighted by Crippen LogP contribution is -2.30. The molecule has 6 nitrogen and oxygen atoms in total. The third kappa shape index (κ3) is 68.8. The molecule has 0 spiro atoms. The first kappa shape index (κ1) is 79.2. The molecule has 0 aromatic heterocycles. The first-order valence-corrected chi connectivity index (χ1v) is 37.2. The van der Waals surface area contributed by atoms with Gasteiger partial charge in [-0.15, -0.1) is 0 Å². The van der Waals surface area contributed by atoms with E-state index in [1.165, 1.54) is 334 Å². The summed E-state index contributed by atoms with van der Waals surface area (Å²) in [6.45, 7) is 6.73. The Kier molecular flexibility index (Phi) is 69.0. The fraction of sp³-hybridized carbons (Fsp3) is 0.933. The van der Waals surface area contributed by atoms with Gasteiger partial charge in [0, 0.05) is 19.3 Å². The second kappa shape index (κ2) is 70.6. The molecular weight excluding hydrogens is 997 g/mol. The van der Waals surface area contributed by atoms with Crippen molar-refractivity contribution in [3.8, 4) is 0 Å². The molecule has 0 rings (SSSR count). The molecule has 0 bridgehead atoms. The molecule has 0 amide bonds. The van der Waals surface area contributed by atoms with E-state index in [-0.39, 0.29) is 31.1 Å². The van der Waals surface area contributed by atoms with Crippen molar-refractivity contribution in [2.24, 2.45) is 0 Å². The minimum atomic E-state index is -0.768. The fourth-order valence-corrected chi connectivity index (χ4v) is 11.7. The number of allylic oxidation sites excluding steroid dienone is 2. The van der Waals surface area contributed by atoms with E-state index in [1.54, 1.807) is 0 Å². The Morgan fingerprint density at radius 1 is 0.235 bits per heavy atom. The molecule has 0 aromatic carbocycles. The number of hydrogen-bond donors (Lipinski definition) is 0. The van der Waals surface area contributed by atoms with Crippen molar-refractivity contribution >= 4 is 17.9 Å². The van der Waals surface area contributed by atoms with Gasteiger partial charge in [-0.2, -0.15) is 0 Å². The van der Waals surface area contributed by atoms with Gasteiger partial charge in [-0.05, 0) is 44.9 Å². The van der Waals surface area contributed by atoms with Gasteiger partial charge in [0.05, 0.1) is 0 Å². The molecule has 1 atom stereocenters. The highest BCUT2D eigenvalue weighted by Gasteiger charge is 2.20. The van der Waals surface area contributed by atoms with E-state index in [0.29, 0.717) is 19.3 Å². The van der Waals surface area contributed by atoms with Crippen molar-refractivity contribution in [3.63, 3.8) is 0 Å². The molecule has 0 aliphatic heterocycles. The molecule has 0 heterocycles. The summed E-state index contributed by atoms with van der Waals surface area (Å²) in [5.41, 5.74) is 0. The maximum Gasteiger partial charge on any atom is 0.306 e. The molecule has 0 N–H and O–H groups in total. The predicted octanol–water partition coefficient (Wildman–Crippen LogP) is 25.6. The van der Waals surface area contributed by atoms with E-state index in [1.807, 2.05) is 0 Å². The topological polar surface area (TPSA) is 78.9 Å². The van der Waals surface area contributed by atoms with Crippen LogP contribution in [0.5, 0.6) is 0 Å². The van der Waals surface area contributed by atoms with Crippen LogP contribution in [0.2, 0.25) is 0 Å². The van der Waals surface area contributed by atoms with Crippen molar-refractivity contribution in [3.05, 3.63) is 12.2 Å². The zero-order chi connectivity index (χ0) is 58.5. The maximum absolute atomic E-state index is 13.0. The molecule has 480 valence electrons. The zero-order valence-corrected chi connectivity index (χ0v) is 55.4. The summed E-state index contributed by atoms with van der Waals surface area (Å²) in [4.78, 5) is 38.5. The number of unbranched alkanes of at least 4 members (excludes halogenated alkanes) is 57. The molecule has 0 saturated heterocycles. The Morgan fingerprint density at radius 3 is 0.617 bits per heavy atom. The van der Waals surface area contributed by atoms with Gasteiger partial charge < -0.3 is 14.2 Å². The third-order valence-corrected chi connectivity index (χ3v) is 17.3. The minimum absolute atomic E-state index is 0.0636. The average molecular weight is 1140 g/mol. The highest BCUT2D eigenvalue weighted by molar-refractivity contribution is 5.71. The Bertz CT molecular complexity index is 1260. The monoisotopic (exact) mass is 1140 g/mol. The Morgan fingerprint density at radius 2 is 0.407 bits per heavy atom. The average Bonchev–Trinajstić information content (AvgIpc) is 3.47. The molecule has 0 radical (unpaired) electrons. The van der Waals surface area contributed by atoms with Crippen molar-refractivity contribution < 1.29 is 28.6 Å². The normalized spacial score (nSPS) is 12.0. The van der Waals surface area contributed by atoms with Crippen LogP contribution in [0.15, 0.2) is 12.2 Å². The van der Waals surface area contributed by atoms with E-state index < -0.39 is 6.10 Å². The van der Waals surface area contributed by atoms with E-state index in [4.69, 9.17) is 14.2 Å². The van der Waals surface area contributed by atoms with Crippen LogP contribution < -0.4 is 0 Å². The second-order valence-corrected chi connectivity index (χ2v) is 25.6. The van der Waals surface area contributed by atoms with Gasteiger partial charge in [0.2, 0.25) is 0 Å². The lowest BCUT2D eigenvalue weighted by atomic mass is 10.0. The number of hydrogen-bond acceptors (Lipinski definition) is 6. The molecule has 0 saturated carbocycles. The Labute approximate surface area is 507 Å². The van der Waals surface area contributed by atoms with Gasteiger partial charge in [0.1, 0.15) is 13.2 Å². The molecular formula is C75H144O6. The summed E-state index contributed by atoms with van der Waals surface area (Å²) in [5, 5.41) is 0. The van der Waals surface area contributed by atoms with Crippen LogP contribution in [0, 0.1) is 0 Å². The lowest BCUT2D eigenvalue weighted by molar-refractivity contribution is -0.167. The summed E-state index contributed by atoms with van der Waals surface area (Å²) in [6, 6.07) is 0. The number of esters is 3. The van der Waals surface area contributed by atoms with Gasteiger partial charge >= 0.3 is 17.9 Å². The highest BCUT2D eigenvalue weighted by atomic mass is 16.6. The molecule has 0 aliphatic rings. The van der Waals surface area contributed by atoms with Crippen LogP contribution in [-0.4, -0.2) is 37.2 Å². The zero-order valence-electron chi connectivity index (χ0n) is 55.4. The maximum atomic E-state index is 13.0. The van der Waals surface area contributed by atoms with E-state index in [9.17, 15) is 14.4 Å².